The van der Waals surface area contributed by atoms with Crippen molar-refractivity contribution in [3.8, 4) is 0 Å². The number of amides is 1. The van der Waals surface area contributed by atoms with E-state index in [1.165, 1.54) is 0 Å². The van der Waals surface area contributed by atoms with E-state index in [4.69, 9.17) is 0 Å². The smallest absolute Gasteiger partial charge is 0.335 e. The Kier molecular flexibility index (Phi) is 7.48. The van der Waals surface area contributed by atoms with Gasteiger partial charge in [-0.2, -0.15) is 5.10 Å². The van der Waals surface area contributed by atoms with Gasteiger partial charge in [0.05, 0.1) is 0 Å². The van der Waals surface area contributed by atoms with Crippen molar-refractivity contribution in [2.45, 2.75) is 58.7 Å². The van der Waals surface area contributed by atoms with Gasteiger partial charge in [-0.15, -0.1) is 0 Å². The Balaban J connectivity index is 1.91. The Morgan fingerprint density at radius 2 is 1.90 bits per heavy atom. The van der Waals surface area contributed by atoms with Gasteiger partial charge >= 0.3 is 5.69 Å². The first-order valence-electron chi connectivity index (χ1n) is 11.0. The lowest BCUT2D eigenvalue weighted by molar-refractivity contribution is -0.136. The van der Waals surface area contributed by atoms with Crippen LogP contribution < -0.4 is 5.69 Å². The molecule has 0 saturated heterocycles. The molecule has 0 N–H and O–H groups in total. The van der Waals surface area contributed by atoms with E-state index in [9.17, 15) is 9.59 Å². The van der Waals surface area contributed by atoms with E-state index in [2.05, 4.69) is 23.8 Å². The number of likely N-dealkylation sites (N-methyl/N-ethyl adjacent to an activating group) is 1. The number of hydrogen-bond donors (Lipinski definition) is 0. The molecule has 164 valence electrons. The molecule has 1 aliphatic rings. The minimum Gasteiger partial charge on any atom is -0.335 e. The quantitative estimate of drug-likeness (QED) is 0.667. The van der Waals surface area contributed by atoms with Crippen LogP contribution in [0.2, 0.25) is 0 Å². The predicted molar refractivity (Wildman–Crippen MR) is 118 cm³/mol. The molecule has 2 heterocycles. The van der Waals surface area contributed by atoms with Gasteiger partial charge in [0.2, 0.25) is 5.91 Å². The summed E-state index contributed by atoms with van der Waals surface area (Å²) in [5.41, 5.74) is 0.951. The molecule has 1 aromatic heterocycles. The largest absolute Gasteiger partial charge is 0.346 e. The van der Waals surface area contributed by atoms with Crippen LogP contribution in [-0.2, 0) is 24.3 Å². The van der Waals surface area contributed by atoms with E-state index >= 15 is 0 Å². The fourth-order valence-corrected chi connectivity index (χ4v) is 4.00. The molecule has 1 atom stereocenters. The van der Waals surface area contributed by atoms with Crippen LogP contribution in [0.5, 0.6) is 0 Å². The second-order valence-electron chi connectivity index (χ2n) is 8.96. The molecule has 0 fully saturated rings. The van der Waals surface area contributed by atoms with Crippen molar-refractivity contribution in [3.63, 3.8) is 0 Å². The van der Waals surface area contributed by atoms with Gasteiger partial charge in [0.1, 0.15) is 11.9 Å². The highest BCUT2D eigenvalue weighted by Gasteiger charge is 2.32. The van der Waals surface area contributed by atoms with Crippen molar-refractivity contribution in [2.75, 3.05) is 27.2 Å². The summed E-state index contributed by atoms with van der Waals surface area (Å²) in [6.45, 7) is 6.67. The number of nitrogens with zero attached hydrogens (tertiary/aromatic N) is 5. The first kappa shape index (κ1) is 22.3. The monoisotopic (exact) mass is 413 g/mol. The fourth-order valence-electron chi connectivity index (χ4n) is 4.00. The van der Waals surface area contributed by atoms with Gasteiger partial charge in [0.15, 0.2) is 0 Å². The molecule has 0 radical (unpaired) electrons. The zero-order valence-electron chi connectivity index (χ0n) is 18.8. The topological polar surface area (TPSA) is 63.4 Å². The molecule has 1 unspecified atom stereocenters. The lowest BCUT2D eigenvalue weighted by atomic mass is 10.1. The Hall–Kier alpha value is -2.41. The highest BCUT2D eigenvalue weighted by atomic mass is 16.2. The number of rotatable bonds is 8. The molecule has 30 heavy (non-hydrogen) atoms. The minimum absolute atomic E-state index is 0.0232. The predicted octanol–water partition coefficient (Wildman–Crippen LogP) is 2.56. The molecule has 7 heteroatoms. The molecule has 0 saturated carbocycles. The summed E-state index contributed by atoms with van der Waals surface area (Å²) in [6.07, 6.45) is 3.32. The van der Waals surface area contributed by atoms with E-state index in [1.54, 1.807) is 9.25 Å². The molecular weight excluding hydrogens is 378 g/mol. The minimum atomic E-state index is -0.471. The summed E-state index contributed by atoms with van der Waals surface area (Å²) in [6, 6.07) is 9.59. The SMILES string of the molecule is CC(C)Cn1nc2n(c1=O)C(C(=O)N(CCN(C)C)Cc1ccccc1)CCCC2. The van der Waals surface area contributed by atoms with Crippen molar-refractivity contribution in [1.29, 1.82) is 0 Å². The normalized spacial score (nSPS) is 16.5. The van der Waals surface area contributed by atoms with Crippen molar-refractivity contribution in [2.24, 2.45) is 5.92 Å². The zero-order valence-corrected chi connectivity index (χ0v) is 18.8. The average Bonchev–Trinajstić information content (AvgIpc) is 2.88. The maximum atomic E-state index is 13.7. The number of aromatic nitrogens is 3. The van der Waals surface area contributed by atoms with Crippen LogP contribution in [0.25, 0.3) is 0 Å². The van der Waals surface area contributed by atoms with Gasteiger partial charge in [-0.1, -0.05) is 50.6 Å². The maximum Gasteiger partial charge on any atom is 0.346 e. The van der Waals surface area contributed by atoms with Crippen LogP contribution in [0.3, 0.4) is 0 Å². The van der Waals surface area contributed by atoms with Gasteiger partial charge in [-0.3, -0.25) is 9.36 Å². The summed E-state index contributed by atoms with van der Waals surface area (Å²) >= 11 is 0. The highest BCUT2D eigenvalue weighted by molar-refractivity contribution is 5.80. The van der Waals surface area contributed by atoms with Crippen LogP contribution in [0.15, 0.2) is 35.1 Å². The van der Waals surface area contributed by atoms with Crippen LogP contribution >= 0.6 is 0 Å². The Labute approximate surface area is 179 Å². The number of carbonyl (C=O) groups is 1. The average molecular weight is 414 g/mol. The molecular formula is C23H35N5O2. The fraction of sp³-hybridized carbons (Fsp3) is 0.609. The molecule has 0 spiro atoms. The second-order valence-corrected chi connectivity index (χ2v) is 8.96. The molecule has 2 aromatic rings. The van der Waals surface area contributed by atoms with Gasteiger partial charge in [-0.05, 0) is 38.4 Å². The molecule has 1 aromatic carbocycles. The van der Waals surface area contributed by atoms with Crippen molar-refractivity contribution in [1.82, 2.24) is 24.1 Å². The first-order chi connectivity index (χ1) is 14.4. The highest BCUT2D eigenvalue weighted by Crippen LogP contribution is 2.24. The molecule has 1 aliphatic heterocycles. The van der Waals surface area contributed by atoms with Gasteiger partial charge in [0.25, 0.3) is 0 Å². The number of aryl methyl sites for hydroxylation is 1. The number of benzene rings is 1. The third kappa shape index (κ3) is 5.39. The molecule has 7 nitrogen and oxygen atoms in total. The molecule has 0 aliphatic carbocycles. The van der Waals surface area contributed by atoms with E-state index in [0.717, 1.165) is 37.2 Å². The van der Waals surface area contributed by atoms with Gasteiger partial charge in [0, 0.05) is 32.6 Å². The molecule has 1 amide bonds. The lowest BCUT2D eigenvalue weighted by Gasteiger charge is -2.29. The van der Waals surface area contributed by atoms with Crippen LogP contribution in [0.4, 0.5) is 0 Å². The van der Waals surface area contributed by atoms with Crippen LogP contribution in [0.1, 0.15) is 50.5 Å². The standard InChI is InChI=1S/C23H35N5O2/c1-18(2)16-27-23(30)28-20(12-8-9-13-21(28)24-27)22(29)26(15-14-25(3)4)17-19-10-6-5-7-11-19/h5-7,10-11,18,20H,8-9,12-17H2,1-4H3. The summed E-state index contributed by atoms with van der Waals surface area (Å²) in [5, 5.41) is 4.59. The van der Waals surface area contributed by atoms with Crippen LogP contribution in [-0.4, -0.2) is 57.2 Å². The van der Waals surface area contributed by atoms with E-state index in [0.29, 0.717) is 32.0 Å². The third-order valence-corrected chi connectivity index (χ3v) is 5.55. The molecule has 0 bridgehead atoms. The van der Waals surface area contributed by atoms with Gasteiger partial charge < -0.3 is 9.80 Å². The number of carbonyl (C=O) groups excluding carboxylic acids is 1. The summed E-state index contributed by atoms with van der Waals surface area (Å²) in [4.78, 5) is 30.9. The van der Waals surface area contributed by atoms with E-state index in [1.807, 2.05) is 49.3 Å². The lowest BCUT2D eigenvalue weighted by Crippen LogP contribution is -2.43. The number of hydrogen-bond acceptors (Lipinski definition) is 4. The summed E-state index contributed by atoms with van der Waals surface area (Å²) in [5.74, 6) is 1.10. The Morgan fingerprint density at radius 3 is 2.57 bits per heavy atom. The Morgan fingerprint density at radius 1 is 1.17 bits per heavy atom. The maximum absolute atomic E-state index is 13.7. The van der Waals surface area contributed by atoms with Crippen molar-refractivity contribution >= 4 is 5.91 Å². The van der Waals surface area contributed by atoms with E-state index < -0.39 is 6.04 Å². The zero-order chi connectivity index (χ0) is 21.7. The van der Waals surface area contributed by atoms with Crippen molar-refractivity contribution in [3.05, 3.63) is 52.2 Å². The first-order valence-corrected chi connectivity index (χ1v) is 11.0. The van der Waals surface area contributed by atoms with Crippen LogP contribution in [0, 0.1) is 5.92 Å². The third-order valence-electron chi connectivity index (χ3n) is 5.55. The van der Waals surface area contributed by atoms with E-state index in [-0.39, 0.29) is 11.6 Å². The van der Waals surface area contributed by atoms with Gasteiger partial charge in [-0.25, -0.2) is 9.48 Å². The number of fused-ring (bicyclic) bond motifs is 1. The summed E-state index contributed by atoms with van der Waals surface area (Å²) in [7, 11) is 4.02. The summed E-state index contributed by atoms with van der Waals surface area (Å²) < 4.78 is 3.23. The van der Waals surface area contributed by atoms with Crippen molar-refractivity contribution < 1.29 is 4.79 Å². The Bertz CT molecular complexity index is 885. The molecule has 3 rings (SSSR count). The second kappa shape index (κ2) is 10.1.